The number of nitrogens with zero attached hydrogens (tertiary/aromatic N) is 2. The van der Waals surface area contributed by atoms with Crippen molar-refractivity contribution in [3.63, 3.8) is 0 Å². The second-order valence-electron chi connectivity index (χ2n) is 4.68. The van der Waals surface area contributed by atoms with Gasteiger partial charge in [-0.1, -0.05) is 30.3 Å². The Morgan fingerprint density at radius 1 is 1.20 bits per heavy atom. The maximum absolute atomic E-state index is 12.1. The summed E-state index contributed by atoms with van der Waals surface area (Å²) in [6.45, 7) is 0.728. The van der Waals surface area contributed by atoms with Crippen molar-refractivity contribution in [3.8, 4) is 0 Å². The molecule has 0 fully saturated rings. The summed E-state index contributed by atoms with van der Waals surface area (Å²) < 4.78 is 0.876. The highest BCUT2D eigenvalue weighted by molar-refractivity contribution is 9.10. The number of carbonyl (C=O) groups is 1. The van der Waals surface area contributed by atoms with Crippen LogP contribution in [0.15, 0.2) is 53.1 Å². The molecule has 1 aromatic carbocycles. The van der Waals surface area contributed by atoms with Gasteiger partial charge in [0.25, 0.3) is 5.91 Å². The van der Waals surface area contributed by atoms with Gasteiger partial charge in [-0.25, -0.2) is 4.98 Å². The topological polar surface area (TPSA) is 33.2 Å². The number of amides is 1. The number of halogens is 1. The lowest BCUT2D eigenvalue weighted by atomic mass is 10.1. The highest BCUT2D eigenvalue weighted by atomic mass is 79.9. The zero-order valence-corrected chi connectivity index (χ0v) is 13.0. The number of pyridine rings is 1. The second kappa shape index (κ2) is 7.20. The minimum absolute atomic E-state index is 0.0365. The molecule has 0 saturated carbocycles. The van der Waals surface area contributed by atoms with Crippen LogP contribution >= 0.6 is 15.9 Å². The molecule has 2 rings (SSSR count). The number of aryl methyl sites for hydroxylation is 1. The summed E-state index contributed by atoms with van der Waals surface area (Å²) in [6, 6.07) is 13.9. The van der Waals surface area contributed by atoms with Crippen molar-refractivity contribution in [2.24, 2.45) is 0 Å². The molecule has 1 aromatic heterocycles. The molecule has 20 heavy (non-hydrogen) atoms. The molecule has 4 heteroatoms. The van der Waals surface area contributed by atoms with Crippen LogP contribution in [0.2, 0.25) is 0 Å². The van der Waals surface area contributed by atoms with Gasteiger partial charge in [-0.05, 0) is 46.5 Å². The van der Waals surface area contributed by atoms with E-state index >= 15 is 0 Å². The molecule has 0 spiro atoms. The van der Waals surface area contributed by atoms with Crippen molar-refractivity contribution in [3.05, 3.63) is 64.4 Å². The Hall–Kier alpha value is -1.68. The molecule has 0 aliphatic rings. The monoisotopic (exact) mass is 332 g/mol. The molecule has 104 valence electrons. The minimum Gasteiger partial charge on any atom is -0.340 e. The van der Waals surface area contributed by atoms with Gasteiger partial charge in [-0.15, -0.1) is 0 Å². The molecule has 0 unspecified atom stereocenters. The Morgan fingerprint density at radius 3 is 2.60 bits per heavy atom. The van der Waals surface area contributed by atoms with E-state index in [1.165, 1.54) is 5.56 Å². The van der Waals surface area contributed by atoms with E-state index in [0.717, 1.165) is 23.9 Å². The molecule has 1 amide bonds. The minimum atomic E-state index is -0.0365. The predicted octanol–water partition coefficient (Wildman–Crippen LogP) is 3.55. The standard InChI is InChI=1S/C16H17BrN2O/c1-19(11-5-8-13-6-3-2-4-7-13)16(20)15-10-9-14(17)12-18-15/h2-4,6-7,9-10,12H,5,8,11H2,1H3. The Morgan fingerprint density at radius 2 is 1.95 bits per heavy atom. The maximum Gasteiger partial charge on any atom is 0.272 e. The van der Waals surface area contributed by atoms with Crippen LogP contribution in [-0.4, -0.2) is 29.4 Å². The first kappa shape index (κ1) is 14.7. The molecule has 0 aliphatic heterocycles. The average Bonchev–Trinajstić information content (AvgIpc) is 2.48. The lowest BCUT2D eigenvalue weighted by molar-refractivity contribution is 0.0788. The molecule has 0 bridgehead atoms. The van der Waals surface area contributed by atoms with Gasteiger partial charge in [0.05, 0.1) is 0 Å². The number of aromatic nitrogens is 1. The van der Waals surface area contributed by atoms with E-state index < -0.39 is 0 Å². The average molecular weight is 333 g/mol. The van der Waals surface area contributed by atoms with Gasteiger partial charge in [-0.2, -0.15) is 0 Å². The quantitative estimate of drug-likeness (QED) is 0.838. The summed E-state index contributed by atoms with van der Waals surface area (Å²) in [4.78, 5) is 18.0. The van der Waals surface area contributed by atoms with Crippen LogP contribution < -0.4 is 0 Å². The Bertz CT molecular complexity index is 554. The van der Waals surface area contributed by atoms with Crippen molar-refractivity contribution in [2.75, 3.05) is 13.6 Å². The zero-order chi connectivity index (χ0) is 14.4. The van der Waals surface area contributed by atoms with Gasteiger partial charge >= 0.3 is 0 Å². The van der Waals surface area contributed by atoms with Crippen LogP contribution in [0.3, 0.4) is 0 Å². The third kappa shape index (κ3) is 4.17. The first-order valence-electron chi connectivity index (χ1n) is 6.58. The largest absolute Gasteiger partial charge is 0.340 e. The van der Waals surface area contributed by atoms with Gasteiger partial charge in [0.15, 0.2) is 0 Å². The Labute approximate surface area is 127 Å². The predicted molar refractivity (Wildman–Crippen MR) is 83.7 cm³/mol. The molecule has 1 heterocycles. The molecule has 3 nitrogen and oxygen atoms in total. The summed E-state index contributed by atoms with van der Waals surface area (Å²) >= 11 is 3.31. The maximum atomic E-state index is 12.1. The van der Waals surface area contributed by atoms with Crippen molar-refractivity contribution in [1.29, 1.82) is 0 Å². The van der Waals surface area contributed by atoms with Crippen molar-refractivity contribution >= 4 is 21.8 Å². The fourth-order valence-corrected chi connectivity index (χ4v) is 2.20. The number of hydrogen-bond acceptors (Lipinski definition) is 2. The van der Waals surface area contributed by atoms with Crippen molar-refractivity contribution in [1.82, 2.24) is 9.88 Å². The summed E-state index contributed by atoms with van der Waals surface area (Å²) in [5, 5.41) is 0. The molecule has 2 aromatic rings. The first-order chi connectivity index (χ1) is 9.66. The number of benzene rings is 1. The van der Waals surface area contributed by atoms with Gasteiger partial charge in [0.2, 0.25) is 0 Å². The van der Waals surface area contributed by atoms with E-state index in [-0.39, 0.29) is 5.91 Å². The summed E-state index contributed by atoms with van der Waals surface area (Å²) in [5.74, 6) is -0.0365. The van der Waals surface area contributed by atoms with Crippen LogP contribution in [-0.2, 0) is 6.42 Å². The van der Waals surface area contributed by atoms with Gasteiger partial charge in [0.1, 0.15) is 5.69 Å². The van der Waals surface area contributed by atoms with Gasteiger partial charge < -0.3 is 4.90 Å². The van der Waals surface area contributed by atoms with E-state index in [0.29, 0.717) is 5.69 Å². The van der Waals surface area contributed by atoms with Crippen molar-refractivity contribution < 1.29 is 4.79 Å². The van der Waals surface area contributed by atoms with Crippen molar-refractivity contribution in [2.45, 2.75) is 12.8 Å². The van der Waals surface area contributed by atoms with E-state index in [1.54, 1.807) is 17.2 Å². The summed E-state index contributed by atoms with van der Waals surface area (Å²) in [5.41, 5.74) is 1.78. The number of hydrogen-bond donors (Lipinski definition) is 0. The molecular formula is C16H17BrN2O. The van der Waals surface area contributed by atoms with Crippen LogP contribution in [0.4, 0.5) is 0 Å². The molecule has 0 aliphatic carbocycles. The highest BCUT2D eigenvalue weighted by Crippen LogP contribution is 2.09. The van der Waals surface area contributed by atoms with Crippen LogP contribution in [0, 0.1) is 0 Å². The van der Waals surface area contributed by atoms with E-state index in [9.17, 15) is 4.79 Å². The molecule has 0 radical (unpaired) electrons. The first-order valence-corrected chi connectivity index (χ1v) is 7.37. The third-order valence-electron chi connectivity index (χ3n) is 3.10. The van der Waals surface area contributed by atoms with Crippen LogP contribution in [0.25, 0.3) is 0 Å². The van der Waals surface area contributed by atoms with Gasteiger partial charge in [0, 0.05) is 24.3 Å². The normalized spacial score (nSPS) is 10.3. The Kier molecular flexibility index (Phi) is 5.30. The fourth-order valence-electron chi connectivity index (χ4n) is 1.96. The molecular weight excluding hydrogens is 316 g/mol. The molecule has 0 saturated heterocycles. The smallest absolute Gasteiger partial charge is 0.272 e. The molecule has 0 atom stereocenters. The number of rotatable bonds is 5. The highest BCUT2D eigenvalue weighted by Gasteiger charge is 2.12. The second-order valence-corrected chi connectivity index (χ2v) is 5.59. The summed E-state index contributed by atoms with van der Waals surface area (Å²) in [6.07, 6.45) is 3.57. The van der Waals surface area contributed by atoms with E-state index in [2.05, 4.69) is 33.0 Å². The lowest BCUT2D eigenvalue weighted by Crippen LogP contribution is -2.28. The number of carbonyl (C=O) groups excluding carboxylic acids is 1. The Balaban J connectivity index is 1.84. The SMILES string of the molecule is CN(CCCc1ccccc1)C(=O)c1ccc(Br)cn1. The fraction of sp³-hybridized carbons (Fsp3) is 0.250. The van der Waals surface area contributed by atoms with E-state index in [4.69, 9.17) is 0 Å². The summed E-state index contributed by atoms with van der Waals surface area (Å²) in [7, 11) is 1.82. The third-order valence-corrected chi connectivity index (χ3v) is 3.56. The van der Waals surface area contributed by atoms with Gasteiger partial charge in [-0.3, -0.25) is 4.79 Å². The lowest BCUT2D eigenvalue weighted by Gasteiger charge is -2.16. The zero-order valence-electron chi connectivity index (χ0n) is 11.4. The van der Waals surface area contributed by atoms with Crippen LogP contribution in [0.1, 0.15) is 22.5 Å². The van der Waals surface area contributed by atoms with E-state index in [1.807, 2.05) is 31.3 Å². The molecule has 0 N–H and O–H groups in total. The van der Waals surface area contributed by atoms with Crippen LogP contribution in [0.5, 0.6) is 0 Å².